The average Bonchev–Trinajstić information content (AvgIpc) is 2.51. The molecular weight excluding hydrogens is 432 g/mol. The van der Waals surface area contributed by atoms with Gasteiger partial charge >= 0.3 is 0 Å². The summed E-state index contributed by atoms with van der Waals surface area (Å²) >= 11 is 3.71. The van der Waals surface area contributed by atoms with Gasteiger partial charge in [0.2, 0.25) is 9.04 Å². The third-order valence-corrected chi connectivity index (χ3v) is 6.88. The van der Waals surface area contributed by atoms with E-state index in [1.165, 1.54) is 11.1 Å². The molecule has 0 aliphatic heterocycles. The second-order valence-electron chi connectivity index (χ2n) is 9.99. The van der Waals surface area contributed by atoms with E-state index in [1.807, 2.05) is 6.08 Å². The molecule has 0 saturated carbocycles. The number of hydrogen-bond donors (Lipinski definition) is 0. The second kappa shape index (κ2) is 8.35. The molecule has 156 valence electrons. The highest BCUT2D eigenvalue weighted by atomic mass is 79.9. The van der Waals surface area contributed by atoms with E-state index in [9.17, 15) is 4.79 Å². The Hall–Kier alpha value is -1.07. The monoisotopic (exact) mass is 466 g/mol. The molecule has 0 bridgehead atoms. The zero-order valence-electron chi connectivity index (χ0n) is 18.8. The van der Waals surface area contributed by atoms with Crippen molar-refractivity contribution in [2.24, 2.45) is 11.3 Å². The van der Waals surface area contributed by atoms with Crippen LogP contribution in [0.4, 0.5) is 0 Å². The fraction of sp³-hybridized carbons (Fsp3) is 0.609. The molecule has 3 nitrogen and oxygen atoms in total. The molecule has 0 amide bonds. The van der Waals surface area contributed by atoms with Crippen LogP contribution in [0.2, 0.25) is 13.1 Å². The van der Waals surface area contributed by atoms with Crippen LogP contribution >= 0.6 is 15.9 Å². The number of allylic oxidation sites excluding steroid dienone is 2. The maximum atomic E-state index is 12.9. The Morgan fingerprint density at radius 1 is 1.29 bits per heavy atom. The lowest BCUT2D eigenvalue weighted by molar-refractivity contribution is -0.122. The van der Waals surface area contributed by atoms with E-state index in [0.717, 1.165) is 28.0 Å². The maximum absolute atomic E-state index is 12.9. The summed E-state index contributed by atoms with van der Waals surface area (Å²) in [5, 5.41) is 0. The van der Waals surface area contributed by atoms with Gasteiger partial charge in [0.1, 0.15) is 16.0 Å². The first kappa shape index (κ1) is 23.2. The van der Waals surface area contributed by atoms with E-state index in [-0.39, 0.29) is 22.5 Å². The lowest BCUT2D eigenvalue weighted by atomic mass is 9.66. The topological polar surface area (TPSA) is 35.5 Å². The molecule has 1 unspecified atom stereocenters. The Kier molecular flexibility index (Phi) is 6.92. The number of rotatable bonds is 5. The summed E-state index contributed by atoms with van der Waals surface area (Å²) in [5.74, 6) is 1.83. The summed E-state index contributed by atoms with van der Waals surface area (Å²) < 4.78 is 12.9. The van der Waals surface area contributed by atoms with E-state index in [4.69, 9.17) is 9.16 Å². The van der Waals surface area contributed by atoms with Crippen molar-refractivity contribution < 1.29 is 14.0 Å². The van der Waals surface area contributed by atoms with Crippen LogP contribution in [-0.2, 0) is 16.6 Å². The lowest BCUT2D eigenvalue weighted by Gasteiger charge is -2.38. The van der Waals surface area contributed by atoms with Crippen LogP contribution in [-0.4, -0.2) is 21.9 Å². The number of methoxy groups -OCH3 is 1. The molecule has 0 radical (unpaired) electrons. The first-order valence-electron chi connectivity index (χ1n) is 10.1. The van der Waals surface area contributed by atoms with Crippen LogP contribution in [0.3, 0.4) is 0 Å². The predicted octanol–water partition coefficient (Wildman–Crippen LogP) is 6.22. The van der Waals surface area contributed by atoms with Gasteiger partial charge in [0.25, 0.3) is 0 Å². The molecule has 2 rings (SSSR count). The van der Waals surface area contributed by atoms with Gasteiger partial charge in [0, 0.05) is 11.5 Å². The summed E-state index contributed by atoms with van der Waals surface area (Å²) in [6.07, 6.45) is 3.48. The van der Waals surface area contributed by atoms with E-state index in [2.05, 4.69) is 76.6 Å². The number of ketones is 1. The Morgan fingerprint density at radius 3 is 2.36 bits per heavy atom. The first-order valence-corrected chi connectivity index (χ1v) is 13.6. The van der Waals surface area contributed by atoms with Crippen molar-refractivity contribution in [2.75, 3.05) is 7.11 Å². The van der Waals surface area contributed by atoms with Crippen LogP contribution in [0, 0.1) is 11.3 Å². The summed E-state index contributed by atoms with van der Waals surface area (Å²) in [5.41, 5.74) is 3.31. The third kappa shape index (κ3) is 4.91. The molecule has 1 aliphatic carbocycles. The van der Waals surface area contributed by atoms with Crippen LogP contribution in [0.5, 0.6) is 11.5 Å². The average molecular weight is 468 g/mol. The number of halogens is 1. The molecule has 0 aromatic heterocycles. The van der Waals surface area contributed by atoms with Crippen LogP contribution < -0.4 is 9.16 Å². The van der Waals surface area contributed by atoms with Crippen molar-refractivity contribution in [1.82, 2.24) is 0 Å². The molecule has 1 aliphatic rings. The Labute approximate surface area is 180 Å². The van der Waals surface area contributed by atoms with Gasteiger partial charge in [0.15, 0.2) is 5.78 Å². The molecular formula is C23H35BrO3Si. The predicted molar refractivity (Wildman–Crippen MR) is 123 cm³/mol. The van der Waals surface area contributed by atoms with Crippen LogP contribution in [0.1, 0.15) is 59.1 Å². The molecule has 28 heavy (non-hydrogen) atoms. The van der Waals surface area contributed by atoms with Crippen molar-refractivity contribution in [2.45, 2.75) is 72.9 Å². The van der Waals surface area contributed by atoms with Crippen molar-refractivity contribution in [3.63, 3.8) is 0 Å². The number of hydrogen-bond acceptors (Lipinski definition) is 3. The summed E-state index contributed by atoms with van der Waals surface area (Å²) in [7, 11) is 0.348. The van der Waals surface area contributed by atoms with E-state index < -0.39 is 9.04 Å². The van der Waals surface area contributed by atoms with E-state index in [1.54, 1.807) is 7.11 Å². The Morgan fingerprint density at radius 2 is 1.89 bits per heavy atom. The molecule has 1 aromatic rings. The van der Waals surface area contributed by atoms with Gasteiger partial charge in [0.05, 0.1) is 7.11 Å². The lowest BCUT2D eigenvalue weighted by Crippen LogP contribution is -2.36. The highest BCUT2D eigenvalue weighted by molar-refractivity contribution is 9.10. The van der Waals surface area contributed by atoms with Crippen LogP contribution in [0.25, 0.3) is 0 Å². The van der Waals surface area contributed by atoms with Crippen molar-refractivity contribution in [3.8, 4) is 11.5 Å². The van der Waals surface area contributed by atoms with Crippen molar-refractivity contribution >= 4 is 30.8 Å². The molecule has 0 N–H and O–H groups in total. The minimum absolute atomic E-state index is 0.0488. The standard InChI is InChI=1S/C23H35BrO3Si/c1-14-10-17(25)16(23(5,6)13-14)11-15-12-18(26-7)20(24)21(27-28(8)9)19(15)22(2,3)4/h10,12,16,28H,11,13H2,1-9H3. The van der Waals surface area contributed by atoms with Gasteiger partial charge in [-0.05, 0) is 77.3 Å². The Balaban J connectivity index is 2.67. The number of benzene rings is 1. The third-order valence-electron chi connectivity index (χ3n) is 5.43. The number of ether oxygens (including phenoxy) is 1. The van der Waals surface area contributed by atoms with Gasteiger partial charge in [-0.15, -0.1) is 0 Å². The fourth-order valence-corrected chi connectivity index (χ4v) is 5.81. The minimum Gasteiger partial charge on any atom is -0.546 e. The normalized spacial score (nSPS) is 19.6. The van der Waals surface area contributed by atoms with E-state index >= 15 is 0 Å². The van der Waals surface area contributed by atoms with Gasteiger partial charge in [-0.2, -0.15) is 0 Å². The molecule has 0 spiro atoms. The molecule has 5 heteroatoms. The second-order valence-corrected chi connectivity index (χ2v) is 13.1. The SMILES string of the molecule is COc1cc(CC2C(=O)C=C(C)CC2(C)C)c(C(C)(C)C)c(O[SiH](C)C)c1Br. The van der Waals surface area contributed by atoms with Crippen LogP contribution in [0.15, 0.2) is 22.2 Å². The summed E-state index contributed by atoms with van der Waals surface area (Å²) in [6, 6.07) is 2.09. The van der Waals surface area contributed by atoms with Gasteiger partial charge < -0.3 is 9.16 Å². The van der Waals surface area contributed by atoms with Gasteiger partial charge in [-0.1, -0.05) is 40.2 Å². The quantitative estimate of drug-likeness (QED) is 0.482. The summed E-state index contributed by atoms with van der Waals surface area (Å²) in [4.78, 5) is 12.9. The molecule has 0 fully saturated rings. The maximum Gasteiger partial charge on any atom is 0.229 e. The van der Waals surface area contributed by atoms with Crippen molar-refractivity contribution in [1.29, 1.82) is 0 Å². The Bertz CT molecular complexity index is 788. The summed E-state index contributed by atoms with van der Waals surface area (Å²) in [6.45, 7) is 17.4. The van der Waals surface area contributed by atoms with Crippen molar-refractivity contribution in [3.05, 3.63) is 33.3 Å². The number of carbonyl (C=O) groups excluding carboxylic acids is 1. The highest BCUT2D eigenvalue weighted by Crippen LogP contribution is 2.48. The zero-order valence-corrected chi connectivity index (χ0v) is 21.6. The molecule has 1 aromatic carbocycles. The largest absolute Gasteiger partial charge is 0.546 e. The molecule has 1 atom stereocenters. The zero-order chi connectivity index (χ0) is 21.4. The minimum atomic E-state index is -1.33. The fourth-order valence-electron chi connectivity index (χ4n) is 4.36. The first-order chi connectivity index (χ1) is 12.8. The molecule has 0 saturated heterocycles. The smallest absolute Gasteiger partial charge is 0.229 e. The highest BCUT2D eigenvalue weighted by Gasteiger charge is 2.39. The van der Waals surface area contributed by atoms with Gasteiger partial charge in [-0.25, -0.2) is 0 Å². The van der Waals surface area contributed by atoms with Gasteiger partial charge in [-0.3, -0.25) is 4.79 Å². The van der Waals surface area contributed by atoms with E-state index in [0.29, 0.717) is 6.42 Å². The molecule has 0 heterocycles. The number of carbonyl (C=O) groups is 1.